The highest BCUT2D eigenvalue weighted by atomic mass is 35.5. The van der Waals surface area contributed by atoms with Gasteiger partial charge in [0, 0.05) is 23.7 Å². The van der Waals surface area contributed by atoms with Crippen molar-refractivity contribution >= 4 is 23.4 Å². The number of benzene rings is 2. The highest BCUT2D eigenvalue weighted by Crippen LogP contribution is 2.24. The van der Waals surface area contributed by atoms with Crippen molar-refractivity contribution in [2.75, 3.05) is 6.61 Å². The van der Waals surface area contributed by atoms with Crippen LogP contribution in [0.4, 0.5) is 0 Å². The summed E-state index contributed by atoms with van der Waals surface area (Å²) in [5.74, 6) is 2.71. The third-order valence-corrected chi connectivity index (χ3v) is 5.77. The Morgan fingerprint density at radius 2 is 2.03 bits per heavy atom. The molecule has 0 radical (unpaired) electrons. The van der Waals surface area contributed by atoms with Crippen molar-refractivity contribution in [1.29, 1.82) is 0 Å². The van der Waals surface area contributed by atoms with Gasteiger partial charge in [0.25, 0.3) is 0 Å². The lowest BCUT2D eigenvalue weighted by atomic mass is 10.2. The van der Waals surface area contributed by atoms with Gasteiger partial charge in [0.1, 0.15) is 11.6 Å². The molecule has 0 amide bonds. The van der Waals surface area contributed by atoms with E-state index in [4.69, 9.17) is 16.3 Å². The fourth-order valence-corrected chi connectivity index (χ4v) is 4.20. The zero-order valence-corrected chi connectivity index (χ0v) is 18.5. The molecule has 29 heavy (non-hydrogen) atoms. The van der Waals surface area contributed by atoms with Gasteiger partial charge in [-0.3, -0.25) is 0 Å². The molecule has 0 aliphatic heterocycles. The van der Waals surface area contributed by atoms with E-state index < -0.39 is 0 Å². The highest BCUT2D eigenvalue weighted by Gasteiger charge is 2.12. The first-order valence-corrected chi connectivity index (χ1v) is 11.0. The Morgan fingerprint density at radius 3 is 2.79 bits per heavy atom. The monoisotopic (exact) mass is 427 g/mol. The zero-order valence-electron chi connectivity index (χ0n) is 16.9. The molecule has 1 heterocycles. The second kappa shape index (κ2) is 10.5. The van der Waals surface area contributed by atoms with Crippen LogP contribution in [0.1, 0.15) is 28.9 Å². The maximum absolute atomic E-state index is 6.00. The number of hydrogen-bond acceptors (Lipinski definition) is 4. The fourth-order valence-electron chi connectivity index (χ4n) is 3.06. The van der Waals surface area contributed by atoms with Gasteiger partial charge in [0.2, 0.25) is 0 Å². The van der Waals surface area contributed by atoms with Gasteiger partial charge in [-0.05, 0) is 49.6 Å². The SMILES string of the molecule is C=CCn1c(CCCOc2ccc(Cl)cc2C)nnc1SCc1cccc(C)c1. The van der Waals surface area contributed by atoms with Crippen LogP contribution in [0.25, 0.3) is 0 Å². The number of allylic oxidation sites excluding steroid dienone is 1. The van der Waals surface area contributed by atoms with E-state index in [1.807, 2.05) is 31.2 Å². The molecule has 0 unspecified atom stereocenters. The van der Waals surface area contributed by atoms with Crippen molar-refractivity contribution < 1.29 is 4.74 Å². The van der Waals surface area contributed by atoms with Crippen LogP contribution in [-0.4, -0.2) is 21.4 Å². The molecule has 0 atom stereocenters. The van der Waals surface area contributed by atoms with E-state index in [1.165, 1.54) is 11.1 Å². The minimum Gasteiger partial charge on any atom is -0.493 e. The first-order valence-electron chi connectivity index (χ1n) is 9.67. The molecule has 0 saturated carbocycles. The summed E-state index contributed by atoms with van der Waals surface area (Å²) in [5.41, 5.74) is 3.60. The summed E-state index contributed by atoms with van der Waals surface area (Å²) in [6.45, 7) is 9.31. The van der Waals surface area contributed by atoms with Crippen molar-refractivity contribution in [2.45, 2.75) is 44.1 Å². The summed E-state index contributed by atoms with van der Waals surface area (Å²) < 4.78 is 8.04. The first-order chi connectivity index (χ1) is 14.1. The quantitative estimate of drug-likeness (QED) is 0.225. The Balaban J connectivity index is 1.57. The third-order valence-electron chi connectivity index (χ3n) is 4.49. The summed E-state index contributed by atoms with van der Waals surface area (Å²) in [7, 11) is 0. The van der Waals surface area contributed by atoms with E-state index in [2.05, 4.69) is 52.5 Å². The average molecular weight is 428 g/mol. The molecule has 0 fully saturated rings. The van der Waals surface area contributed by atoms with Crippen LogP contribution in [0, 0.1) is 13.8 Å². The lowest BCUT2D eigenvalue weighted by Crippen LogP contribution is -2.07. The van der Waals surface area contributed by atoms with E-state index in [0.29, 0.717) is 13.2 Å². The molecule has 1 aromatic heterocycles. The van der Waals surface area contributed by atoms with Crippen LogP contribution in [-0.2, 0) is 18.7 Å². The Morgan fingerprint density at radius 1 is 1.17 bits per heavy atom. The number of nitrogens with zero attached hydrogens (tertiary/aromatic N) is 3. The van der Waals surface area contributed by atoms with Gasteiger partial charge in [-0.2, -0.15) is 0 Å². The molecule has 0 bridgehead atoms. The smallest absolute Gasteiger partial charge is 0.191 e. The molecule has 6 heteroatoms. The van der Waals surface area contributed by atoms with Gasteiger partial charge < -0.3 is 9.30 Å². The highest BCUT2D eigenvalue weighted by molar-refractivity contribution is 7.98. The molecule has 3 rings (SSSR count). The number of thioether (sulfide) groups is 1. The summed E-state index contributed by atoms with van der Waals surface area (Å²) in [4.78, 5) is 0. The summed E-state index contributed by atoms with van der Waals surface area (Å²) in [5, 5.41) is 10.5. The molecule has 0 aliphatic rings. The van der Waals surface area contributed by atoms with Gasteiger partial charge in [0.05, 0.1) is 6.61 Å². The van der Waals surface area contributed by atoms with Gasteiger partial charge in [-0.1, -0.05) is 59.3 Å². The van der Waals surface area contributed by atoms with Crippen molar-refractivity contribution in [1.82, 2.24) is 14.8 Å². The number of aryl methyl sites for hydroxylation is 3. The molecule has 152 valence electrons. The maximum Gasteiger partial charge on any atom is 0.191 e. The predicted molar refractivity (Wildman–Crippen MR) is 121 cm³/mol. The zero-order chi connectivity index (χ0) is 20.6. The van der Waals surface area contributed by atoms with Crippen LogP contribution in [0.3, 0.4) is 0 Å². The Kier molecular flexibility index (Phi) is 7.78. The van der Waals surface area contributed by atoms with Crippen LogP contribution >= 0.6 is 23.4 Å². The lowest BCUT2D eigenvalue weighted by molar-refractivity contribution is 0.307. The Bertz CT molecular complexity index is 971. The summed E-state index contributed by atoms with van der Waals surface area (Å²) in [6.07, 6.45) is 3.55. The predicted octanol–water partition coefficient (Wildman–Crippen LogP) is 6.04. The normalized spacial score (nSPS) is 10.9. The van der Waals surface area contributed by atoms with Gasteiger partial charge in [-0.25, -0.2) is 0 Å². The Labute approximate surface area is 182 Å². The summed E-state index contributed by atoms with van der Waals surface area (Å²) >= 11 is 7.70. The fraction of sp³-hybridized carbons (Fsp3) is 0.304. The standard InChI is InChI=1S/C23H26ClN3OS/c1-4-12-27-22(9-6-13-28-21-11-10-20(24)15-18(21)3)25-26-23(27)29-16-19-8-5-7-17(2)14-19/h4-5,7-8,10-11,14-15H,1,6,9,12-13,16H2,2-3H3. The summed E-state index contributed by atoms with van der Waals surface area (Å²) in [6, 6.07) is 14.2. The van der Waals surface area contributed by atoms with E-state index >= 15 is 0 Å². The Hall–Kier alpha value is -2.24. The number of ether oxygens (including phenoxy) is 1. The number of halogens is 1. The van der Waals surface area contributed by atoms with Gasteiger partial charge in [0.15, 0.2) is 5.16 Å². The second-order valence-corrected chi connectivity index (χ2v) is 8.32. The number of aromatic nitrogens is 3. The van der Waals surface area contributed by atoms with Gasteiger partial charge in [-0.15, -0.1) is 16.8 Å². The largest absolute Gasteiger partial charge is 0.493 e. The topological polar surface area (TPSA) is 39.9 Å². The number of hydrogen-bond donors (Lipinski definition) is 0. The maximum atomic E-state index is 6.00. The molecule has 0 aliphatic carbocycles. The number of rotatable bonds is 10. The molecule has 2 aromatic carbocycles. The molecule has 0 spiro atoms. The van der Waals surface area contributed by atoms with Crippen LogP contribution in [0.15, 0.2) is 60.3 Å². The van der Waals surface area contributed by atoms with Crippen LogP contribution in [0.2, 0.25) is 5.02 Å². The van der Waals surface area contributed by atoms with Crippen LogP contribution in [0.5, 0.6) is 5.75 Å². The molecule has 3 aromatic rings. The average Bonchev–Trinajstić information content (AvgIpc) is 3.07. The van der Waals surface area contributed by atoms with Crippen molar-refractivity contribution in [2.24, 2.45) is 0 Å². The molecule has 0 N–H and O–H groups in total. The molecule has 0 saturated heterocycles. The van der Waals surface area contributed by atoms with E-state index in [1.54, 1.807) is 11.8 Å². The van der Waals surface area contributed by atoms with Gasteiger partial charge >= 0.3 is 0 Å². The van der Waals surface area contributed by atoms with E-state index in [9.17, 15) is 0 Å². The molecular formula is C23H26ClN3OS. The van der Waals surface area contributed by atoms with E-state index in [-0.39, 0.29) is 0 Å². The lowest BCUT2D eigenvalue weighted by Gasteiger charge is -2.10. The van der Waals surface area contributed by atoms with Crippen molar-refractivity contribution in [3.8, 4) is 5.75 Å². The molecular weight excluding hydrogens is 402 g/mol. The van der Waals surface area contributed by atoms with Crippen molar-refractivity contribution in [3.63, 3.8) is 0 Å². The van der Waals surface area contributed by atoms with E-state index in [0.717, 1.165) is 45.9 Å². The second-order valence-electron chi connectivity index (χ2n) is 6.94. The van der Waals surface area contributed by atoms with Crippen LogP contribution < -0.4 is 4.74 Å². The molecule has 4 nitrogen and oxygen atoms in total. The first kappa shape index (κ1) is 21.5. The minimum absolute atomic E-state index is 0.620. The minimum atomic E-state index is 0.620. The third kappa shape index (κ3) is 6.12. The van der Waals surface area contributed by atoms with Crippen molar-refractivity contribution in [3.05, 3.63) is 82.7 Å².